The van der Waals surface area contributed by atoms with Crippen LogP contribution >= 0.6 is 35.0 Å². The minimum atomic E-state index is -0.652. The average molecular weight is 364 g/mol. The molecule has 0 aliphatic heterocycles. The number of amides is 1. The molecule has 0 saturated heterocycles. The van der Waals surface area contributed by atoms with E-state index in [0.29, 0.717) is 22.0 Å². The predicted molar refractivity (Wildman–Crippen MR) is 91.7 cm³/mol. The largest absolute Gasteiger partial charge is 0.464 e. The van der Waals surface area contributed by atoms with Crippen molar-refractivity contribution in [2.75, 3.05) is 18.6 Å². The Bertz CT molecular complexity index is 505. The number of carbonyl (C=O) groups is 2. The van der Waals surface area contributed by atoms with E-state index in [1.165, 1.54) is 0 Å². The summed E-state index contributed by atoms with van der Waals surface area (Å²) in [5.74, 6) is 0.0145. The van der Waals surface area contributed by atoms with Gasteiger partial charge in [-0.25, -0.2) is 4.79 Å². The quantitative estimate of drug-likeness (QED) is 0.719. The standard InChI is InChI=1S/C15H19Cl2NO3S/c1-3-21-15(20)13(7-8-22-2)18-14(19)9-10-11(16)5-4-6-12(10)17/h4-6,13H,3,7-9H2,1-2H3,(H,18,19)/t13-/m0/s1. The van der Waals surface area contributed by atoms with E-state index >= 15 is 0 Å². The van der Waals surface area contributed by atoms with Gasteiger partial charge in [-0.3, -0.25) is 4.79 Å². The van der Waals surface area contributed by atoms with Crippen LogP contribution in [0.15, 0.2) is 18.2 Å². The predicted octanol–water partition coefficient (Wildman–Crippen LogP) is 3.34. The third-order valence-corrected chi connectivity index (χ3v) is 4.27. The lowest BCUT2D eigenvalue weighted by Gasteiger charge is -2.17. The van der Waals surface area contributed by atoms with Crippen molar-refractivity contribution in [1.82, 2.24) is 5.32 Å². The van der Waals surface area contributed by atoms with Crippen molar-refractivity contribution in [2.24, 2.45) is 0 Å². The van der Waals surface area contributed by atoms with Gasteiger partial charge in [0.1, 0.15) is 6.04 Å². The summed E-state index contributed by atoms with van der Waals surface area (Å²) in [6, 6.07) is 4.41. The fourth-order valence-corrected chi connectivity index (χ4v) is 2.84. The van der Waals surface area contributed by atoms with Crippen LogP contribution in [0.5, 0.6) is 0 Å². The number of esters is 1. The van der Waals surface area contributed by atoms with Crippen LogP contribution in [-0.4, -0.2) is 36.5 Å². The molecule has 0 unspecified atom stereocenters. The highest BCUT2D eigenvalue weighted by molar-refractivity contribution is 7.98. The molecule has 1 amide bonds. The number of nitrogens with one attached hydrogen (secondary N) is 1. The molecule has 0 spiro atoms. The number of hydrogen-bond donors (Lipinski definition) is 1. The van der Waals surface area contributed by atoms with Gasteiger partial charge in [0.05, 0.1) is 13.0 Å². The van der Waals surface area contributed by atoms with Crippen molar-refractivity contribution in [3.63, 3.8) is 0 Å². The lowest BCUT2D eigenvalue weighted by molar-refractivity contribution is -0.147. The number of benzene rings is 1. The van der Waals surface area contributed by atoms with E-state index < -0.39 is 12.0 Å². The smallest absolute Gasteiger partial charge is 0.328 e. The number of thioether (sulfide) groups is 1. The van der Waals surface area contributed by atoms with Crippen LogP contribution in [-0.2, 0) is 20.7 Å². The summed E-state index contributed by atoms with van der Waals surface area (Å²) in [6.45, 7) is 2.01. The Labute approximate surface area is 144 Å². The second-order valence-electron chi connectivity index (χ2n) is 4.53. The van der Waals surface area contributed by atoms with Crippen LogP contribution < -0.4 is 5.32 Å². The second kappa shape index (κ2) is 9.98. The van der Waals surface area contributed by atoms with E-state index in [9.17, 15) is 9.59 Å². The number of hydrogen-bond acceptors (Lipinski definition) is 4. The maximum absolute atomic E-state index is 12.2. The normalized spacial score (nSPS) is 11.8. The molecule has 4 nitrogen and oxygen atoms in total. The zero-order chi connectivity index (χ0) is 16.5. The monoisotopic (exact) mass is 363 g/mol. The van der Waals surface area contributed by atoms with E-state index in [0.717, 1.165) is 5.75 Å². The maximum atomic E-state index is 12.2. The molecule has 0 radical (unpaired) electrons. The Morgan fingerprint density at radius 1 is 1.32 bits per heavy atom. The van der Waals surface area contributed by atoms with Gasteiger partial charge in [0.15, 0.2) is 0 Å². The fourth-order valence-electron chi connectivity index (χ4n) is 1.83. The molecule has 1 rings (SSSR count). The van der Waals surface area contributed by atoms with Gasteiger partial charge in [0.2, 0.25) is 5.91 Å². The highest BCUT2D eigenvalue weighted by Crippen LogP contribution is 2.24. The molecular weight excluding hydrogens is 345 g/mol. The lowest BCUT2D eigenvalue weighted by Crippen LogP contribution is -2.43. The van der Waals surface area contributed by atoms with Crippen molar-refractivity contribution < 1.29 is 14.3 Å². The van der Waals surface area contributed by atoms with Crippen molar-refractivity contribution >= 4 is 46.8 Å². The molecule has 22 heavy (non-hydrogen) atoms. The summed E-state index contributed by atoms with van der Waals surface area (Å²) < 4.78 is 4.98. The van der Waals surface area contributed by atoms with E-state index in [1.807, 2.05) is 6.26 Å². The molecule has 122 valence electrons. The van der Waals surface area contributed by atoms with Crippen molar-refractivity contribution in [3.05, 3.63) is 33.8 Å². The summed E-state index contributed by atoms with van der Waals surface area (Å²) in [5.41, 5.74) is 0.552. The fraction of sp³-hybridized carbons (Fsp3) is 0.467. The Morgan fingerprint density at radius 2 is 1.95 bits per heavy atom. The number of rotatable bonds is 8. The highest BCUT2D eigenvalue weighted by Gasteiger charge is 2.22. The Hall–Kier alpha value is -0.910. The maximum Gasteiger partial charge on any atom is 0.328 e. The SMILES string of the molecule is CCOC(=O)[C@H](CCSC)NC(=O)Cc1c(Cl)cccc1Cl. The van der Waals surface area contributed by atoms with Crippen LogP contribution in [0.25, 0.3) is 0 Å². The van der Waals surface area contributed by atoms with Gasteiger partial charge >= 0.3 is 5.97 Å². The van der Waals surface area contributed by atoms with Gasteiger partial charge in [0.25, 0.3) is 0 Å². The van der Waals surface area contributed by atoms with Crippen LogP contribution in [0.2, 0.25) is 10.0 Å². The van der Waals surface area contributed by atoms with Crippen molar-refractivity contribution in [1.29, 1.82) is 0 Å². The molecule has 0 fully saturated rings. The van der Waals surface area contributed by atoms with Crippen molar-refractivity contribution in [3.8, 4) is 0 Å². The van der Waals surface area contributed by atoms with Gasteiger partial charge in [-0.2, -0.15) is 11.8 Å². The van der Waals surface area contributed by atoms with E-state index in [4.69, 9.17) is 27.9 Å². The van der Waals surface area contributed by atoms with Gasteiger partial charge in [0, 0.05) is 10.0 Å². The van der Waals surface area contributed by atoms with Crippen LogP contribution in [0.4, 0.5) is 0 Å². The number of carbonyl (C=O) groups excluding carboxylic acids is 2. The molecule has 7 heteroatoms. The molecule has 0 aromatic heterocycles. The lowest BCUT2D eigenvalue weighted by atomic mass is 10.1. The second-order valence-corrected chi connectivity index (χ2v) is 6.33. The summed E-state index contributed by atoms with van der Waals surface area (Å²) in [4.78, 5) is 24.0. The zero-order valence-electron chi connectivity index (χ0n) is 12.5. The Morgan fingerprint density at radius 3 is 2.50 bits per heavy atom. The molecule has 0 bridgehead atoms. The molecule has 1 aromatic carbocycles. The van der Waals surface area contributed by atoms with Gasteiger partial charge < -0.3 is 10.1 Å². The first-order valence-corrected chi connectivity index (χ1v) is 9.02. The summed E-state index contributed by atoms with van der Waals surface area (Å²) >= 11 is 13.7. The molecule has 0 aliphatic carbocycles. The molecule has 1 N–H and O–H groups in total. The Balaban J connectivity index is 2.72. The number of ether oxygens (including phenoxy) is 1. The van der Waals surface area contributed by atoms with E-state index in [-0.39, 0.29) is 18.9 Å². The molecule has 0 heterocycles. The summed E-state index contributed by atoms with van der Waals surface area (Å²) in [5, 5.41) is 3.56. The molecular formula is C15H19Cl2NO3S. The molecule has 0 saturated carbocycles. The highest BCUT2D eigenvalue weighted by atomic mass is 35.5. The van der Waals surface area contributed by atoms with Crippen LogP contribution in [0.1, 0.15) is 18.9 Å². The molecule has 0 aliphatic rings. The van der Waals surface area contributed by atoms with Crippen LogP contribution in [0, 0.1) is 0 Å². The van der Waals surface area contributed by atoms with E-state index in [1.54, 1.807) is 36.9 Å². The third-order valence-electron chi connectivity index (χ3n) is 2.92. The van der Waals surface area contributed by atoms with Gasteiger partial charge in [-0.1, -0.05) is 29.3 Å². The first-order valence-electron chi connectivity index (χ1n) is 6.87. The molecule has 1 aromatic rings. The Kier molecular flexibility index (Phi) is 8.68. The van der Waals surface area contributed by atoms with Crippen LogP contribution in [0.3, 0.4) is 0 Å². The summed E-state index contributed by atoms with van der Waals surface area (Å²) in [7, 11) is 0. The van der Waals surface area contributed by atoms with Gasteiger partial charge in [-0.05, 0) is 43.0 Å². The van der Waals surface area contributed by atoms with E-state index in [2.05, 4.69) is 5.32 Å². The average Bonchev–Trinajstić information content (AvgIpc) is 2.47. The number of halogens is 2. The minimum Gasteiger partial charge on any atom is -0.464 e. The first kappa shape index (κ1) is 19.1. The molecule has 1 atom stereocenters. The topological polar surface area (TPSA) is 55.4 Å². The van der Waals surface area contributed by atoms with Gasteiger partial charge in [-0.15, -0.1) is 0 Å². The third kappa shape index (κ3) is 6.07. The first-order chi connectivity index (χ1) is 10.5. The summed E-state index contributed by atoms with van der Waals surface area (Å²) in [6.07, 6.45) is 2.48. The van der Waals surface area contributed by atoms with Crippen molar-refractivity contribution in [2.45, 2.75) is 25.8 Å². The minimum absolute atomic E-state index is 0.0215. The zero-order valence-corrected chi connectivity index (χ0v) is 14.9.